The van der Waals surface area contributed by atoms with E-state index >= 15 is 0 Å². The lowest BCUT2D eigenvalue weighted by Gasteiger charge is -2.38. The van der Waals surface area contributed by atoms with Crippen molar-refractivity contribution < 1.29 is 38.0 Å². The van der Waals surface area contributed by atoms with Gasteiger partial charge in [0.05, 0.1) is 49.8 Å². The minimum atomic E-state index is -0.732. The molecular weight excluding hydrogens is 638 g/mol. The number of cyclic esters (lactones) is 1. The Labute approximate surface area is 291 Å². The number of halogens is 1. The Morgan fingerprint density at radius 1 is 0.979 bits per heavy atom. The van der Waals surface area contributed by atoms with Gasteiger partial charge in [0.1, 0.15) is 0 Å². The number of fused-ring (bicyclic) bond motifs is 3. The lowest BCUT2D eigenvalue weighted by molar-refractivity contribution is 0.00816. The van der Waals surface area contributed by atoms with E-state index in [1.165, 1.54) is 38.5 Å². The van der Waals surface area contributed by atoms with Gasteiger partial charge in [-0.1, -0.05) is 32.1 Å². The third-order valence-electron chi connectivity index (χ3n) is 9.67. The van der Waals surface area contributed by atoms with Gasteiger partial charge in [-0.05, 0) is 72.2 Å². The van der Waals surface area contributed by atoms with Gasteiger partial charge in [0.15, 0.2) is 29.1 Å². The van der Waals surface area contributed by atoms with Crippen LogP contribution in [-0.4, -0.2) is 71.3 Å². The summed E-state index contributed by atoms with van der Waals surface area (Å²) in [5, 5.41) is 3.31. The highest BCUT2D eigenvalue weighted by atomic mass is 35.5. The molecule has 0 saturated heterocycles. The van der Waals surface area contributed by atoms with Crippen molar-refractivity contribution in [1.82, 2.24) is 10.2 Å². The number of hydrogen-bond donors (Lipinski definition) is 2. The second kappa shape index (κ2) is 16.9. The van der Waals surface area contributed by atoms with Gasteiger partial charge in [0.25, 0.3) is 0 Å². The number of hydrogen-bond acceptors (Lipinski definition) is 11. The standard InChI is InChI=1S/C26H32N2O8.C10H21N.ClH/c1-6-31-23-17-16(18(27)24(32-7-2)25(23)33-8-3)26(29)36-21(17)19-15-13(9-10-28(19)4)11-14-20(22(15)30-5)35-12-34-14;1-9(11-2)8-10-6-4-3-5-7-10;/h11,19,21H,6-10,12,27H2,1-5H3;9-11H,3-8H2,1-2H3;1H. The summed E-state index contributed by atoms with van der Waals surface area (Å²) in [6.07, 6.45) is 8.81. The highest BCUT2D eigenvalue weighted by Crippen LogP contribution is 2.59. The largest absolute Gasteiger partial charge is 0.492 e. The molecule has 0 spiro atoms. The highest BCUT2D eigenvalue weighted by Gasteiger charge is 2.49. The van der Waals surface area contributed by atoms with Crippen molar-refractivity contribution in [1.29, 1.82) is 0 Å². The lowest BCUT2D eigenvalue weighted by atomic mass is 9.85. The van der Waals surface area contributed by atoms with Crippen LogP contribution in [0.15, 0.2) is 6.07 Å². The molecule has 2 aromatic carbocycles. The molecule has 0 amide bonds. The highest BCUT2D eigenvalue weighted by molar-refractivity contribution is 6.03. The fourth-order valence-electron chi connectivity index (χ4n) is 7.41. The first-order valence-electron chi connectivity index (χ1n) is 17.2. The van der Waals surface area contributed by atoms with Crippen molar-refractivity contribution in [2.45, 2.75) is 90.8 Å². The number of carbonyl (C=O) groups is 1. The van der Waals surface area contributed by atoms with Gasteiger partial charge < -0.3 is 44.2 Å². The van der Waals surface area contributed by atoms with E-state index in [2.05, 4.69) is 24.2 Å². The molecule has 4 aliphatic rings. The zero-order valence-electron chi connectivity index (χ0n) is 29.6. The van der Waals surface area contributed by atoms with Crippen LogP contribution in [0.5, 0.6) is 34.5 Å². The first kappa shape index (κ1) is 37.5. The summed E-state index contributed by atoms with van der Waals surface area (Å²) in [4.78, 5) is 15.5. The van der Waals surface area contributed by atoms with Gasteiger partial charge in [0.2, 0.25) is 18.3 Å². The fraction of sp³-hybridized carbons (Fsp3) is 0.639. The number of nitrogens with two attached hydrogens (primary N) is 1. The van der Waals surface area contributed by atoms with E-state index in [4.69, 9.17) is 38.9 Å². The van der Waals surface area contributed by atoms with Crippen molar-refractivity contribution in [2.75, 3.05) is 60.1 Å². The van der Waals surface area contributed by atoms with E-state index in [-0.39, 0.29) is 36.2 Å². The molecule has 1 saturated carbocycles. The Kier molecular flexibility index (Phi) is 13.2. The molecule has 2 aromatic rings. The number of nitrogens with one attached hydrogen (secondary N) is 1. The van der Waals surface area contributed by atoms with Gasteiger partial charge in [-0.3, -0.25) is 4.90 Å². The van der Waals surface area contributed by atoms with E-state index < -0.39 is 18.1 Å². The molecule has 3 atom stereocenters. The summed E-state index contributed by atoms with van der Waals surface area (Å²) in [5.74, 6) is 3.33. The van der Waals surface area contributed by atoms with Crippen LogP contribution in [0.2, 0.25) is 0 Å². The minimum absolute atomic E-state index is 0. The Bertz CT molecular complexity index is 1420. The second-order valence-corrected chi connectivity index (χ2v) is 12.6. The fourth-order valence-corrected chi connectivity index (χ4v) is 7.41. The molecule has 11 nitrogen and oxygen atoms in total. The van der Waals surface area contributed by atoms with Crippen molar-refractivity contribution in [3.05, 3.63) is 28.3 Å². The molecule has 3 N–H and O–H groups in total. The number of methoxy groups -OCH3 is 1. The number of anilines is 1. The Balaban J connectivity index is 0.000000370. The number of ether oxygens (including phenoxy) is 7. The average molecular weight is 692 g/mol. The maximum atomic E-state index is 13.3. The predicted octanol–water partition coefficient (Wildman–Crippen LogP) is 6.63. The van der Waals surface area contributed by atoms with Crippen LogP contribution in [-0.2, 0) is 11.2 Å². The maximum absolute atomic E-state index is 13.3. The minimum Gasteiger partial charge on any atom is -0.492 e. The number of carbonyl (C=O) groups excluding carboxylic acids is 1. The Morgan fingerprint density at radius 2 is 1.65 bits per heavy atom. The van der Waals surface area contributed by atoms with Crippen molar-refractivity contribution in [2.24, 2.45) is 5.92 Å². The van der Waals surface area contributed by atoms with E-state index in [0.29, 0.717) is 54.1 Å². The van der Waals surface area contributed by atoms with Crippen LogP contribution in [0.3, 0.4) is 0 Å². The van der Waals surface area contributed by atoms with E-state index in [1.807, 2.05) is 33.9 Å². The Hall–Kier alpha value is -3.28. The van der Waals surface area contributed by atoms with Crippen LogP contribution in [0, 0.1) is 5.92 Å². The molecule has 1 fully saturated rings. The third-order valence-corrected chi connectivity index (χ3v) is 9.67. The van der Waals surface area contributed by atoms with Crippen molar-refractivity contribution in [3.63, 3.8) is 0 Å². The molecule has 6 rings (SSSR count). The zero-order valence-corrected chi connectivity index (χ0v) is 30.4. The van der Waals surface area contributed by atoms with E-state index in [9.17, 15) is 4.79 Å². The van der Waals surface area contributed by atoms with Gasteiger partial charge in [-0.2, -0.15) is 0 Å². The molecule has 268 valence electrons. The van der Waals surface area contributed by atoms with Gasteiger partial charge >= 0.3 is 5.97 Å². The quantitative estimate of drug-likeness (QED) is 0.195. The molecular formula is C36H54ClN3O8. The number of likely N-dealkylation sites (N-methyl/N-ethyl adjacent to an activating group) is 1. The van der Waals surface area contributed by atoms with Crippen LogP contribution >= 0.6 is 12.4 Å². The number of nitrogens with zero attached hydrogens (tertiary/aromatic N) is 1. The molecule has 1 aliphatic carbocycles. The van der Waals surface area contributed by atoms with E-state index in [1.54, 1.807) is 7.11 Å². The summed E-state index contributed by atoms with van der Waals surface area (Å²) in [5.41, 5.74) is 9.43. The summed E-state index contributed by atoms with van der Waals surface area (Å²) in [6.45, 7) is 9.78. The van der Waals surface area contributed by atoms with Crippen molar-refractivity contribution in [3.8, 4) is 34.5 Å². The number of esters is 1. The number of benzene rings is 2. The van der Waals surface area contributed by atoms with Crippen LogP contribution in [0.25, 0.3) is 0 Å². The maximum Gasteiger partial charge on any atom is 0.341 e. The van der Waals surface area contributed by atoms with Crippen LogP contribution in [0.4, 0.5) is 5.69 Å². The van der Waals surface area contributed by atoms with E-state index in [0.717, 1.165) is 36.1 Å². The second-order valence-electron chi connectivity index (χ2n) is 12.6. The summed E-state index contributed by atoms with van der Waals surface area (Å²) >= 11 is 0. The molecule has 12 heteroatoms. The van der Waals surface area contributed by atoms with Crippen LogP contribution < -0.4 is 39.5 Å². The van der Waals surface area contributed by atoms with Gasteiger partial charge in [-0.15, -0.1) is 12.4 Å². The third kappa shape index (κ3) is 7.33. The lowest BCUT2D eigenvalue weighted by Crippen LogP contribution is -2.36. The molecule has 3 aliphatic heterocycles. The summed E-state index contributed by atoms with van der Waals surface area (Å²) in [6, 6.07) is 2.31. The first-order chi connectivity index (χ1) is 22.8. The summed E-state index contributed by atoms with van der Waals surface area (Å²) in [7, 11) is 5.65. The molecule has 3 heterocycles. The molecule has 0 aromatic heterocycles. The summed E-state index contributed by atoms with van der Waals surface area (Å²) < 4.78 is 41.2. The number of nitrogen functional groups attached to an aromatic ring is 1. The smallest absolute Gasteiger partial charge is 0.341 e. The SMILES string of the molecule is CCOc1c(N)c2c(c(OCC)c1OCC)C(C1c3c(cc4c(c3OC)OCO4)CCN1C)OC2=O.CNC(C)CC1CCCCC1.Cl. The van der Waals surface area contributed by atoms with Crippen molar-refractivity contribution >= 4 is 24.1 Å². The first-order valence-corrected chi connectivity index (χ1v) is 17.2. The van der Waals surface area contributed by atoms with Gasteiger partial charge in [0, 0.05) is 18.2 Å². The molecule has 0 radical (unpaired) electrons. The average Bonchev–Trinajstić information content (AvgIpc) is 3.68. The Morgan fingerprint density at radius 3 is 2.29 bits per heavy atom. The predicted molar refractivity (Wildman–Crippen MR) is 188 cm³/mol. The molecule has 0 bridgehead atoms. The van der Waals surface area contributed by atoms with Gasteiger partial charge in [-0.25, -0.2) is 4.79 Å². The molecule has 3 unspecified atom stereocenters. The topological polar surface area (TPSA) is 123 Å². The van der Waals surface area contributed by atoms with Crippen LogP contribution in [0.1, 0.15) is 105 Å². The molecule has 48 heavy (non-hydrogen) atoms. The normalized spacial score (nSPS) is 20.4. The monoisotopic (exact) mass is 691 g/mol. The number of rotatable bonds is 11. The zero-order chi connectivity index (χ0) is 33.7.